The van der Waals surface area contributed by atoms with Gasteiger partial charge in [0, 0.05) is 4.47 Å². The first-order valence-electron chi connectivity index (χ1n) is 7.38. The highest BCUT2D eigenvalue weighted by Crippen LogP contribution is 2.29. The standard InChI is InChI=1S/C18H20BrN/c19-17-10-9-14-11-16(8-7-15(14)12-17)18(20)13-5-3-1-2-4-6-13/h5,7-12,18H,1-4,6,20H2. The lowest BCUT2D eigenvalue weighted by atomic mass is 9.94. The molecule has 0 fully saturated rings. The summed E-state index contributed by atoms with van der Waals surface area (Å²) in [5.74, 6) is 0. The van der Waals surface area contributed by atoms with E-state index in [1.807, 2.05) is 0 Å². The van der Waals surface area contributed by atoms with Crippen molar-refractivity contribution >= 4 is 26.7 Å². The van der Waals surface area contributed by atoms with Gasteiger partial charge < -0.3 is 5.73 Å². The minimum absolute atomic E-state index is 0.0566. The summed E-state index contributed by atoms with van der Waals surface area (Å²) in [4.78, 5) is 0. The van der Waals surface area contributed by atoms with Crippen LogP contribution in [0, 0.1) is 0 Å². The van der Waals surface area contributed by atoms with Gasteiger partial charge in [-0.25, -0.2) is 0 Å². The summed E-state index contributed by atoms with van der Waals surface area (Å²) < 4.78 is 1.12. The van der Waals surface area contributed by atoms with Crippen LogP contribution in [0.25, 0.3) is 10.8 Å². The summed E-state index contributed by atoms with van der Waals surface area (Å²) in [6.45, 7) is 0. The first kappa shape index (κ1) is 13.8. The summed E-state index contributed by atoms with van der Waals surface area (Å²) in [6, 6.07) is 13.0. The van der Waals surface area contributed by atoms with E-state index in [9.17, 15) is 0 Å². The molecule has 1 aliphatic carbocycles. The Morgan fingerprint density at radius 3 is 2.65 bits per heavy atom. The summed E-state index contributed by atoms with van der Waals surface area (Å²) in [5.41, 5.74) is 9.13. The van der Waals surface area contributed by atoms with Crippen molar-refractivity contribution in [2.75, 3.05) is 0 Å². The summed E-state index contributed by atoms with van der Waals surface area (Å²) >= 11 is 3.52. The van der Waals surface area contributed by atoms with Gasteiger partial charge in [0.25, 0.3) is 0 Å². The molecule has 0 bridgehead atoms. The first-order chi connectivity index (χ1) is 9.74. The molecule has 0 spiro atoms. The minimum atomic E-state index is 0.0566. The van der Waals surface area contributed by atoms with Crippen molar-refractivity contribution in [3.8, 4) is 0 Å². The van der Waals surface area contributed by atoms with Crippen LogP contribution in [0.3, 0.4) is 0 Å². The fourth-order valence-corrected chi connectivity index (χ4v) is 3.34. The van der Waals surface area contributed by atoms with Crippen LogP contribution in [-0.2, 0) is 0 Å². The van der Waals surface area contributed by atoms with Gasteiger partial charge in [-0.15, -0.1) is 0 Å². The molecule has 0 aromatic heterocycles. The monoisotopic (exact) mass is 329 g/mol. The molecule has 104 valence electrons. The van der Waals surface area contributed by atoms with Crippen LogP contribution in [0.2, 0.25) is 0 Å². The molecule has 0 radical (unpaired) electrons. The van der Waals surface area contributed by atoms with Crippen molar-refractivity contribution in [1.82, 2.24) is 0 Å². The van der Waals surface area contributed by atoms with E-state index in [1.54, 1.807) is 0 Å². The van der Waals surface area contributed by atoms with Gasteiger partial charge in [0.15, 0.2) is 0 Å². The molecule has 0 heterocycles. The minimum Gasteiger partial charge on any atom is -0.321 e. The molecule has 20 heavy (non-hydrogen) atoms. The Kier molecular flexibility index (Phi) is 4.23. The van der Waals surface area contributed by atoms with Crippen molar-refractivity contribution in [3.63, 3.8) is 0 Å². The van der Waals surface area contributed by atoms with Crippen LogP contribution in [-0.4, -0.2) is 0 Å². The zero-order valence-corrected chi connectivity index (χ0v) is 13.2. The second-order valence-corrected chi connectivity index (χ2v) is 6.52. The van der Waals surface area contributed by atoms with Gasteiger partial charge in [0.05, 0.1) is 6.04 Å². The number of allylic oxidation sites excluding steroid dienone is 1. The van der Waals surface area contributed by atoms with E-state index in [0.717, 1.165) is 10.9 Å². The van der Waals surface area contributed by atoms with Gasteiger partial charge in [-0.1, -0.05) is 52.2 Å². The van der Waals surface area contributed by atoms with Gasteiger partial charge in [-0.05, 0) is 60.2 Å². The number of benzene rings is 2. The Hall–Kier alpha value is -1.12. The first-order valence-corrected chi connectivity index (χ1v) is 8.17. The maximum absolute atomic E-state index is 6.48. The summed E-state index contributed by atoms with van der Waals surface area (Å²) in [6.07, 6.45) is 8.62. The van der Waals surface area contributed by atoms with E-state index in [0.29, 0.717) is 0 Å². The fourth-order valence-electron chi connectivity index (χ4n) is 2.96. The Morgan fingerprint density at radius 1 is 0.950 bits per heavy atom. The highest BCUT2D eigenvalue weighted by Gasteiger charge is 2.13. The van der Waals surface area contributed by atoms with Crippen LogP contribution in [0.5, 0.6) is 0 Å². The number of hydrogen-bond donors (Lipinski definition) is 1. The molecule has 1 unspecified atom stereocenters. The van der Waals surface area contributed by atoms with Gasteiger partial charge >= 0.3 is 0 Å². The van der Waals surface area contributed by atoms with E-state index >= 15 is 0 Å². The van der Waals surface area contributed by atoms with Crippen molar-refractivity contribution < 1.29 is 0 Å². The van der Waals surface area contributed by atoms with Crippen LogP contribution in [0.4, 0.5) is 0 Å². The van der Waals surface area contributed by atoms with Crippen molar-refractivity contribution in [1.29, 1.82) is 0 Å². The molecule has 1 atom stereocenters. The summed E-state index contributed by atoms with van der Waals surface area (Å²) in [5, 5.41) is 2.51. The number of halogens is 1. The lowest BCUT2D eigenvalue weighted by molar-refractivity contribution is 0.688. The molecular weight excluding hydrogens is 310 g/mol. The second kappa shape index (κ2) is 6.11. The van der Waals surface area contributed by atoms with E-state index in [2.05, 4.69) is 58.4 Å². The smallest absolute Gasteiger partial charge is 0.0511 e. The van der Waals surface area contributed by atoms with Crippen LogP contribution in [0.15, 0.2) is 52.5 Å². The zero-order chi connectivity index (χ0) is 13.9. The van der Waals surface area contributed by atoms with E-state index in [1.165, 1.54) is 47.6 Å². The van der Waals surface area contributed by atoms with Crippen molar-refractivity contribution in [2.45, 2.75) is 38.1 Å². The van der Waals surface area contributed by atoms with Gasteiger partial charge in [0.1, 0.15) is 0 Å². The van der Waals surface area contributed by atoms with Crippen LogP contribution in [0.1, 0.15) is 43.7 Å². The summed E-state index contributed by atoms with van der Waals surface area (Å²) in [7, 11) is 0. The molecule has 0 saturated heterocycles. The largest absolute Gasteiger partial charge is 0.321 e. The molecule has 2 heteroatoms. The molecule has 1 nitrogen and oxygen atoms in total. The predicted molar refractivity (Wildman–Crippen MR) is 89.7 cm³/mol. The fraction of sp³-hybridized carbons (Fsp3) is 0.333. The quantitative estimate of drug-likeness (QED) is 0.724. The van der Waals surface area contributed by atoms with Gasteiger partial charge in [-0.3, -0.25) is 0 Å². The highest BCUT2D eigenvalue weighted by atomic mass is 79.9. The van der Waals surface area contributed by atoms with Gasteiger partial charge in [0.2, 0.25) is 0 Å². The van der Waals surface area contributed by atoms with Gasteiger partial charge in [-0.2, -0.15) is 0 Å². The third kappa shape index (κ3) is 2.97. The maximum Gasteiger partial charge on any atom is 0.0511 e. The molecule has 2 N–H and O–H groups in total. The van der Waals surface area contributed by atoms with E-state index in [4.69, 9.17) is 5.73 Å². The van der Waals surface area contributed by atoms with Crippen LogP contribution < -0.4 is 5.73 Å². The number of fused-ring (bicyclic) bond motifs is 1. The van der Waals surface area contributed by atoms with Crippen molar-refractivity contribution in [2.24, 2.45) is 5.73 Å². The van der Waals surface area contributed by atoms with E-state index in [-0.39, 0.29) is 6.04 Å². The Labute approximate surface area is 129 Å². The lowest BCUT2D eigenvalue weighted by Crippen LogP contribution is -2.13. The Bertz CT molecular complexity index is 645. The van der Waals surface area contributed by atoms with Crippen LogP contribution >= 0.6 is 15.9 Å². The van der Waals surface area contributed by atoms with E-state index < -0.39 is 0 Å². The number of rotatable bonds is 2. The SMILES string of the molecule is NC(C1=CCCCCC1)c1ccc2cc(Br)ccc2c1. The molecule has 0 amide bonds. The number of hydrogen-bond acceptors (Lipinski definition) is 1. The zero-order valence-electron chi connectivity index (χ0n) is 11.6. The average molecular weight is 330 g/mol. The van der Waals surface area contributed by atoms with Crippen molar-refractivity contribution in [3.05, 3.63) is 58.1 Å². The molecule has 3 rings (SSSR count). The lowest BCUT2D eigenvalue weighted by Gasteiger charge is -2.16. The third-order valence-corrected chi connectivity index (χ3v) is 4.65. The molecule has 1 aliphatic rings. The maximum atomic E-state index is 6.48. The third-order valence-electron chi connectivity index (χ3n) is 4.16. The topological polar surface area (TPSA) is 26.0 Å². The molecule has 0 saturated carbocycles. The molecule has 0 aliphatic heterocycles. The Balaban J connectivity index is 1.93. The molecule has 2 aromatic carbocycles. The normalized spacial score (nSPS) is 17.6. The number of nitrogens with two attached hydrogens (primary N) is 1. The average Bonchev–Trinajstić information content (AvgIpc) is 2.75. The Morgan fingerprint density at radius 2 is 1.75 bits per heavy atom. The molecular formula is C18H20BrN. The molecule has 2 aromatic rings. The highest BCUT2D eigenvalue weighted by molar-refractivity contribution is 9.10. The second-order valence-electron chi connectivity index (χ2n) is 5.61. The predicted octanol–water partition coefficient (Wildman–Crippen LogP) is 5.49.